The Labute approximate surface area is 121 Å². The van der Waals surface area contributed by atoms with Crippen LogP contribution in [-0.4, -0.2) is 48.3 Å². The number of thiophene rings is 1. The third-order valence-corrected chi connectivity index (χ3v) is 4.28. The molecule has 110 valence electrons. The molecule has 1 aliphatic rings. The van der Waals surface area contributed by atoms with Gasteiger partial charge in [0.2, 0.25) is 0 Å². The van der Waals surface area contributed by atoms with E-state index in [0.29, 0.717) is 18.0 Å². The Morgan fingerprint density at radius 2 is 2.40 bits per heavy atom. The molecule has 2 heterocycles. The third-order valence-electron chi connectivity index (χ3n) is 3.34. The van der Waals surface area contributed by atoms with E-state index in [1.165, 1.54) is 11.3 Å². The first-order valence-corrected chi connectivity index (χ1v) is 7.34. The molecule has 7 heteroatoms. The fourth-order valence-corrected chi connectivity index (χ4v) is 3.01. The van der Waals surface area contributed by atoms with E-state index in [9.17, 15) is 14.7 Å². The number of nitrogens with one attached hydrogen (secondary N) is 1. The molecular weight excluding hydrogens is 280 g/mol. The maximum Gasteiger partial charge on any atom is 0.331 e. The topological polar surface area (TPSA) is 78.9 Å². The number of carbonyl (C=O) groups excluding carboxylic acids is 1. The molecule has 1 saturated heterocycles. The lowest BCUT2D eigenvalue weighted by Crippen LogP contribution is -2.49. The average molecular weight is 298 g/mol. The molecule has 2 rings (SSSR count). The minimum atomic E-state index is -1.05. The predicted octanol–water partition coefficient (Wildman–Crippen LogP) is 1.69. The summed E-state index contributed by atoms with van der Waals surface area (Å²) in [5, 5.41) is 13.6. The smallest absolute Gasteiger partial charge is 0.331 e. The highest BCUT2D eigenvalue weighted by Gasteiger charge is 2.28. The normalized spacial score (nSPS) is 20.4. The van der Waals surface area contributed by atoms with Crippen molar-refractivity contribution in [3.63, 3.8) is 0 Å². The monoisotopic (exact) mass is 298 g/mol. The van der Waals surface area contributed by atoms with Crippen molar-refractivity contribution < 1.29 is 19.4 Å². The molecule has 0 radical (unpaired) electrons. The number of urea groups is 1. The Balaban J connectivity index is 2.00. The summed E-state index contributed by atoms with van der Waals surface area (Å²) < 4.78 is 5.26. The number of hydrogen-bond donors (Lipinski definition) is 2. The summed E-state index contributed by atoms with van der Waals surface area (Å²) in [7, 11) is 1.62. The van der Waals surface area contributed by atoms with E-state index in [-0.39, 0.29) is 12.1 Å². The number of nitrogens with zero attached hydrogens (tertiary/aromatic N) is 1. The molecule has 2 amide bonds. The molecule has 0 aliphatic carbocycles. The molecule has 1 aromatic rings. The minimum Gasteiger partial charge on any atom is -0.479 e. The Morgan fingerprint density at radius 3 is 3.00 bits per heavy atom. The molecule has 6 nitrogen and oxygen atoms in total. The molecule has 2 atom stereocenters. The maximum atomic E-state index is 12.2. The number of rotatable bonds is 4. The summed E-state index contributed by atoms with van der Waals surface area (Å²) in [5.74, 6) is -1.05. The number of carboxylic acids is 1. The molecule has 2 N–H and O–H groups in total. The second-order valence-electron chi connectivity index (χ2n) is 4.68. The van der Waals surface area contributed by atoms with Gasteiger partial charge in [0, 0.05) is 25.1 Å². The number of aliphatic carboxylic acids is 1. The van der Waals surface area contributed by atoms with Crippen LogP contribution < -0.4 is 5.32 Å². The van der Waals surface area contributed by atoms with Gasteiger partial charge in [0.15, 0.2) is 6.04 Å². The van der Waals surface area contributed by atoms with Gasteiger partial charge in [-0.2, -0.15) is 0 Å². The Hall–Kier alpha value is -1.60. The SMILES string of the molecule is COC1CCCN(C(=O)NC(C(=O)O)c2cccs2)C1. The second-order valence-corrected chi connectivity index (χ2v) is 5.66. The van der Waals surface area contributed by atoms with Gasteiger partial charge < -0.3 is 20.1 Å². The van der Waals surface area contributed by atoms with E-state index in [0.717, 1.165) is 12.8 Å². The molecular formula is C13H18N2O4S. The average Bonchev–Trinajstić information content (AvgIpc) is 2.98. The molecule has 0 bridgehead atoms. The summed E-state index contributed by atoms with van der Waals surface area (Å²) in [6.07, 6.45) is 1.82. The van der Waals surface area contributed by atoms with Crippen LogP contribution in [0.4, 0.5) is 4.79 Å². The van der Waals surface area contributed by atoms with E-state index < -0.39 is 12.0 Å². The van der Waals surface area contributed by atoms with Crippen LogP contribution in [0.1, 0.15) is 23.8 Å². The number of likely N-dealkylation sites (tertiary alicyclic amines) is 1. The first-order valence-electron chi connectivity index (χ1n) is 6.46. The number of carbonyl (C=O) groups is 2. The van der Waals surface area contributed by atoms with Crippen molar-refractivity contribution in [3.05, 3.63) is 22.4 Å². The third kappa shape index (κ3) is 3.49. The van der Waals surface area contributed by atoms with Gasteiger partial charge in [-0.05, 0) is 24.3 Å². The minimum absolute atomic E-state index is 0.0273. The fraction of sp³-hybridized carbons (Fsp3) is 0.538. The second kappa shape index (κ2) is 6.71. The van der Waals surface area contributed by atoms with Crippen LogP contribution in [0.5, 0.6) is 0 Å². The number of ether oxygens (including phenoxy) is 1. The number of piperidine rings is 1. The van der Waals surface area contributed by atoms with Gasteiger partial charge in [0.1, 0.15) is 0 Å². The lowest BCUT2D eigenvalue weighted by Gasteiger charge is -2.32. The summed E-state index contributed by atoms with van der Waals surface area (Å²) in [4.78, 5) is 25.7. The highest BCUT2D eigenvalue weighted by atomic mass is 32.1. The predicted molar refractivity (Wildman–Crippen MR) is 74.8 cm³/mol. The highest BCUT2D eigenvalue weighted by Crippen LogP contribution is 2.20. The van der Waals surface area contributed by atoms with Crippen LogP contribution in [0.2, 0.25) is 0 Å². The van der Waals surface area contributed by atoms with Crippen LogP contribution in [0, 0.1) is 0 Å². The lowest BCUT2D eigenvalue weighted by molar-refractivity contribution is -0.139. The van der Waals surface area contributed by atoms with Crippen molar-refractivity contribution in [2.24, 2.45) is 0 Å². The first-order chi connectivity index (χ1) is 9.61. The van der Waals surface area contributed by atoms with Crippen molar-refractivity contribution in [2.45, 2.75) is 25.0 Å². The molecule has 20 heavy (non-hydrogen) atoms. The van der Waals surface area contributed by atoms with Gasteiger partial charge in [-0.3, -0.25) is 0 Å². The van der Waals surface area contributed by atoms with Crippen LogP contribution >= 0.6 is 11.3 Å². The van der Waals surface area contributed by atoms with Gasteiger partial charge in [-0.1, -0.05) is 6.07 Å². The van der Waals surface area contributed by atoms with Crippen molar-refractivity contribution in [3.8, 4) is 0 Å². The molecule has 1 aliphatic heterocycles. The molecule has 0 aromatic carbocycles. The van der Waals surface area contributed by atoms with Gasteiger partial charge in [0.25, 0.3) is 0 Å². The van der Waals surface area contributed by atoms with E-state index in [1.807, 2.05) is 0 Å². The summed E-state index contributed by atoms with van der Waals surface area (Å²) in [6, 6.07) is 2.12. The zero-order valence-corrected chi connectivity index (χ0v) is 12.1. The van der Waals surface area contributed by atoms with Gasteiger partial charge >= 0.3 is 12.0 Å². The summed E-state index contributed by atoms with van der Waals surface area (Å²) in [6.45, 7) is 1.13. The van der Waals surface area contributed by atoms with Crippen LogP contribution in [0.3, 0.4) is 0 Å². The Morgan fingerprint density at radius 1 is 1.60 bits per heavy atom. The van der Waals surface area contributed by atoms with Crippen molar-refractivity contribution >= 4 is 23.3 Å². The Bertz CT molecular complexity index is 463. The standard InChI is InChI=1S/C13H18N2O4S/c1-19-9-4-2-6-15(8-9)13(18)14-11(12(16)17)10-5-3-7-20-10/h3,5,7,9,11H,2,4,6,8H2,1H3,(H,14,18)(H,16,17). The number of hydrogen-bond acceptors (Lipinski definition) is 4. The van der Waals surface area contributed by atoms with E-state index in [1.54, 1.807) is 29.5 Å². The van der Waals surface area contributed by atoms with Gasteiger partial charge in [-0.25, -0.2) is 9.59 Å². The summed E-state index contributed by atoms with van der Waals surface area (Å²) >= 11 is 1.31. The lowest BCUT2D eigenvalue weighted by atomic mass is 10.1. The van der Waals surface area contributed by atoms with E-state index in [4.69, 9.17) is 4.74 Å². The quantitative estimate of drug-likeness (QED) is 0.886. The van der Waals surface area contributed by atoms with Gasteiger partial charge in [-0.15, -0.1) is 11.3 Å². The Kier molecular flexibility index (Phi) is 4.97. The van der Waals surface area contributed by atoms with E-state index >= 15 is 0 Å². The largest absolute Gasteiger partial charge is 0.479 e. The molecule has 0 saturated carbocycles. The number of methoxy groups -OCH3 is 1. The zero-order chi connectivity index (χ0) is 14.5. The molecule has 0 spiro atoms. The molecule has 1 aromatic heterocycles. The molecule has 2 unspecified atom stereocenters. The van der Waals surface area contributed by atoms with E-state index in [2.05, 4.69) is 5.32 Å². The van der Waals surface area contributed by atoms with Crippen LogP contribution in [0.15, 0.2) is 17.5 Å². The van der Waals surface area contributed by atoms with Crippen molar-refractivity contribution in [1.29, 1.82) is 0 Å². The maximum absolute atomic E-state index is 12.2. The summed E-state index contributed by atoms with van der Waals surface area (Å²) in [5.41, 5.74) is 0. The van der Waals surface area contributed by atoms with Crippen molar-refractivity contribution in [2.75, 3.05) is 20.2 Å². The fourth-order valence-electron chi connectivity index (χ4n) is 2.24. The zero-order valence-electron chi connectivity index (χ0n) is 11.2. The van der Waals surface area contributed by atoms with Crippen LogP contribution in [-0.2, 0) is 9.53 Å². The van der Waals surface area contributed by atoms with Crippen LogP contribution in [0.25, 0.3) is 0 Å². The number of amides is 2. The molecule has 1 fully saturated rings. The van der Waals surface area contributed by atoms with Gasteiger partial charge in [0.05, 0.1) is 6.10 Å². The van der Waals surface area contributed by atoms with Crippen molar-refractivity contribution in [1.82, 2.24) is 10.2 Å². The number of carboxylic acid groups (broad SMARTS) is 1. The first kappa shape index (κ1) is 14.8. The highest BCUT2D eigenvalue weighted by molar-refractivity contribution is 7.10.